The van der Waals surface area contributed by atoms with Crippen molar-refractivity contribution >= 4 is 5.91 Å². The molecule has 0 radical (unpaired) electrons. The third-order valence-electron chi connectivity index (χ3n) is 3.57. The number of benzene rings is 2. The van der Waals surface area contributed by atoms with Gasteiger partial charge in [-0.15, -0.1) is 0 Å². The van der Waals surface area contributed by atoms with Crippen LogP contribution in [0.5, 0.6) is 5.75 Å². The van der Waals surface area contributed by atoms with E-state index in [1.165, 1.54) is 12.1 Å². The maximum Gasteiger partial charge on any atom is 0.387 e. The first-order chi connectivity index (χ1) is 11.0. The summed E-state index contributed by atoms with van der Waals surface area (Å²) in [5.41, 5.74) is 2.73. The number of nitrogens with one attached hydrogen (secondary N) is 1. The van der Waals surface area contributed by atoms with Crippen LogP contribution in [-0.4, -0.2) is 12.5 Å². The van der Waals surface area contributed by atoms with E-state index in [0.717, 1.165) is 11.1 Å². The van der Waals surface area contributed by atoms with Crippen LogP contribution in [0.4, 0.5) is 8.78 Å². The van der Waals surface area contributed by atoms with Crippen molar-refractivity contribution < 1.29 is 18.3 Å². The predicted molar refractivity (Wildman–Crippen MR) is 84.5 cm³/mol. The molecule has 0 aliphatic carbocycles. The standard InChI is InChI=1S/C18H19F2NO2/c1-12-6-3-4-7-14(12)11-17(22)21-13(2)15-8-5-9-16(10-15)23-18(19)20/h3-10,13,18H,11H2,1-2H3,(H,21,22)/t13-/m0/s1. The van der Waals surface area contributed by atoms with Crippen LogP contribution in [0.1, 0.15) is 29.7 Å². The summed E-state index contributed by atoms with van der Waals surface area (Å²) >= 11 is 0. The number of amides is 1. The summed E-state index contributed by atoms with van der Waals surface area (Å²) < 4.78 is 28.9. The molecule has 0 saturated heterocycles. The fraction of sp³-hybridized carbons (Fsp3) is 0.278. The van der Waals surface area contributed by atoms with Gasteiger partial charge in [0, 0.05) is 0 Å². The van der Waals surface area contributed by atoms with Crippen LogP contribution in [-0.2, 0) is 11.2 Å². The van der Waals surface area contributed by atoms with Crippen molar-refractivity contribution in [1.82, 2.24) is 5.32 Å². The second kappa shape index (κ2) is 7.72. The molecular weight excluding hydrogens is 300 g/mol. The Kier molecular flexibility index (Phi) is 5.68. The van der Waals surface area contributed by atoms with Gasteiger partial charge in [-0.1, -0.05) is 36.4 Å². The highest BCUT2D eigenvalue weighted by Crippen LogP contribution is 2.21. The maximum atomic E-state index is 12.3. The average molecular weight is 319 g/mol. The van der Waals surface area contributed by atoms with Gasteiger partial charge in [-0.25, -0.2) is 0 Å². The highest BCUT2D eigenvalue weighted by Gasteiger charge is 2.12. The molecule has 0 aliphatic heterocycles. The molecule has 1 atom stereocenters. The first kappa shape index (κ1) is 16.9. The maximum absolute atomic E-state index is 12.3. The lowest BCUT2D eigenvalue weighted by atomic mass is 10.0. The molecule has 2 aromatic rings. The zero-order valence-electron chi connectivity index (χ0n) is 13.1. The Labute approximate surface area is 134 Å². The SMILES string of the molecule is Cc1ccccc1CC(=O)N[C@@H](C)c1cccc(OC(F)F)c1. The van der Waals surface area contributed by atoms with Gasteiger partial charge in [0.25, 0.3) is 0 Å². The minimum atomic E-state index is -2.86. The molecular formula is C18H19F2NO2. The predicted octanol–water partition coefficient (Wildman–Crippen LogP) is 4.02. The Morgan fingerprint density at radius 3 is 2.61 bits per heavy atom. The highest BCUT2D eigenvalue weighted by atomic mass is 19.3. The molecule has 1 N–H and O–H groups in total. The number of carbonyl (C=O) groups excluding carboxylic acids is 1. The quantitative estimate of drug-likeness (QED) is 0.873. The molecule has 0 unspecified atom stereocenters. The van der Waals surface area contributed by atoms with E-state index >= 15 is 0 Å². The number of ether oxygens (including phenoxy) is 1. The summed E-state index contributed by atoms with van der Waals surface area (Å²) in [6, 6.07) is 13.7. The number of aryl methyl sites for hydroxylation is 1. The van der Waals surface area contributed by atoms with Crippen molar-refractivity contribution in [1.29, 1.82) is 0 Å². The third kappa shape index (κ3) is 5.06. The lowest BCUT2D eigenvalue weighted by molar-refractivity contribution is -0.121. The van der Waals surface area contributed by atoms with Gasteiger partial charge in [0.1, 0.15) is 5.75 Å². The largest absolute Gasteiger partial charge is 0.435 e. The van der Waals surface area contributed by atoms with Gasteiger partial charge in [0.2, 0.25) is 5.91 Å². The molecule has 3 nitrogen and oxygen atoms in total. The lowest BCUT2D eigenvalue weighted by Gasteiger charge is -2.16. The van der Waals surface area contributed by atoms with Gasteiger partial charge in [-0.2, -0.15) is 8.78 Å². The summed E-state index contributed by atoms with van der Waals surface area (Å²) in [4.78, 5) is 12.1. The zero-order valence-corrected chi connectivity index (χ0v) is 13.1. The lowest BCUT2D eigenvalue weighted by Crippen LogP contribution is -2.28. The van der Waals surface area contributed by atoms with Gasteiger partial charge < -0.3 is 10.1 Å². The van der Waals surface area contributed by atoms with Crippen LogP contribution >= 0.6 is 0 Å². The molecule has 0 heterocycles. The molecule has 122 valence electrons. The van der Waals surface area contributed by atoms with E-state index in [0.29, 0.717) is 5.56 Å². The smallest absolute Gasteiger partial charge is 0.387 e. The van der Waals surface area contributed by atoms with Crippen molar-refractivity contribution in [3.63, 3.8) is 0 Å². The third-order valence-corrected chi connectivity index (χ3v) is 3.57. The molecule has 0 spiro atoms. The number of rotatable bonds is 6. The minimum absolute atomic E-state index is 0.0810. The van der Waals surface area contributed by atoms with Gasteiger partial charge in [-0.05, 0) is 42.7 Å². The topological polar surface area (TPSA) is 38.3 Å². The van der Waals surface area contributed by atoms with Crippen molar-refractivity contribution in [2.45, 2.75) is 32.9 Å². The van der Waals surface area contributed by atoms with Gasteiger partial charge >= 0.3 is 6.61 Å². The van der Waals surface area contributed by atoms with Crippen LogP contribution in [0, 0.1) is 6.92 Å². The van der Waals surface area contributed by atoms with Gasteiger partial charge in [0.15, 0.2) is 0 Å². The van der Waals surface area contributed by atoms with Crippen LogP contribution in [0.15, 0.2) is 48.5 Å². The van der Waals surface area contributed by atoms with Gasteiger partial charge in [-0.3, -0.25) is 4.79 Å². The molecule has 0 saturated carbocycles. The van der Waals surface area contributed by atoms with E-state index in [1.54, 1.807) is 19.1 Å². The summed E-state index contributed by atoms with van der Waals surface area (Å²) in [6.07, 6.45) is 0.282. The molecule has 0 bridgehead atoms. The summed E-state index contributed by atoms with van der Waals surface area (Å²) in [5, 5.41) is 2.87. The van der Waals surface area contributed by atoms with Crippen molar-refractivity contribution in [2.24, 2.45) is 0 Å². The van der Waals surface area contributed by atoms with E-state index in [4.69, 9.17) is 0 Å². The molecule has 23 heavy (non-hydrogen) atoms. The summed E-state index contributed by atoms with van der Waals surface area (Å²) in [7, 11) is 0. The fourth-order valence-corrected chi connectivity index (χ4v) is 2.32. The van der Waals surface area contributed by atoms with Crippen LogP contribution < -0.4 is 10.1 Å². The Bertz CT molecular complexity index is 674. The molecule has 0 fully saturated rings. The zero-order chi connectivity index (χ0) is 16.8. The molecule has 2 aromatic carbocycles. The van der Waals surface area contributed by atoms with E-state index in [9.17, 15) is 13.6 Å². The molecule has 5 heteroatoms. The van der Waals surface area contributed by atoms with Crippen molar-refractivity contribution in [3.05, 3.63) is 65.2 Å². The number of hydrogen-bond acceptors (Lipinski definition) is 2. The van der Waals surface area contributed by atoms with E-state index in [1.807, 2.05) is 31.2 Å². The number of carbonyl (C=O) groups is 1. The second-order valence-corrected chi connectivity index (χ2v) is 5.34. The van der Waals surface area contributed by atoms with Gasteiger partial charge in [0.05, 0.1) is 12.5 Å². The number of alkyl halides is 2. The molecule has 0 aromatic heterocycles. The molecule has 0 aliphatic rings. The summed E-state index contributed by atoms with van der Waals surface area (Å²) in [5.74, 6) is -0.0375. The van der Waals surface area contributed by atoms with E-state index in [-0.39, 0.29) is 24.1 Å². The Morgan fingerprint density at radius 2 is 1.91 bits per heavy atom. The highest BCUT2D eigenvalue weighted by molar-refractivity contribution is 5.79. The van der Waals surface area contributed by atoms with E-state index in [2.05, 4.69) is 10.1 Å². The van der Waals surface area contributed by atoms with E-state index < -0.39 is 6.61 Å². The van der Waals surface area contributed by atoms with Crippen LogP contribution in [0.3, 0.4) is 0 Å². The Morgan fingerprint density at radius 1 is 1.17 bits per heavy atom. The molecule has 1 amide bonds. The monoisotopic (exact) mass is 319 g/mol. The fourth-order valence-electron chi connectivity index (χ4n) is 2.32. The Balaban J connectivity index is 1.99. The molecule has 2 rings (SSSR count). The van der Waals surface area contributed by atoms with Crippen LogP contribution in [0.2, 0.25) is 0 Å². The van der Waals surface area contributed by atoms with Crippen molar-refractivity contribution in [3.8, 4) is 5.75 Å². The summed E-state index contributed by atoms with van der Waals surface area (Å²) in [6.45, 7) is 0.894. The first-order valence-corrected chi connectivity index (χ1v) is 7.34. The second-order valence-electron chi connectivity index (χ2n) is 5.34. The Hall–Kier alpha value is -2.43. The number of hydrogen-bond donors (Lipinski definition) is 1. The first-order valence-electron chi connectivity index (χ1n) is 7.34. The number of halogens is 2. The normalized spacial score (nSPS) is 12.0. The average Bonchev–Trinajstić information content (AvgIpc) is 2.49. The van der Waals surface area contributed by atoms with Crippen molar-refractivity contribution in [2.75, 3.05) is 0 Å². The minimum Gasteiger partial charge on any atom is -0.435 e. The van der Waals surface area contributed by atoms with Crippen LogP contribution in [0.25, 0.3) is 0 Å².